The smallest absolute Gasteiger partial charge is 0.336 e. The van der Waals surface area contributed by atoms with E-state index in [1.54, 1.807) is 23.1 Å². The van der Waals surface area contributed by atoms with Crippen molar-refractivity contribution < 1.29 is 23.8 Å². The monoisotopic (exact) mass is 497 g/mol. The predicted molar refractivity (Wildman–Crippen MR) is 133 cm³/mol. The first-order valence-electron chi connectivity index (χ1n) is 11.5. The van der Waals surface area contributed by atoms with Crippen molar-refractivity contribution in [3.05, 3.63) is 68.7 Å². The SMILES string of the molecule is CCSCCOC(=O)C1=C(C)NC2=C(C(=O)CC(c3cccs3)C2)C1c1ccc2c(c1)OCO2. The Hall–Kier alpha value is -2.71. The summed E-state index contributed by atoms with van der Waals surface area (Å²) in [6, 6.07) is 9.76. The molecule has 3 aliphatic rings. The average Bonchev–Trinajstić information content (AvgIpc) is 3.52. The summed E-state index contributed by atoms with van der Waals surface area (Å²) in [7, 11) is 0. The molecule has 6 nitrogen and oxygen atoms in total. The maximum atomic E-state index is 13.6. The number of thioether (sulfide) groups is 1. The highest BCUT2D eigenvalue weighted by Gasteiger charge is 2.42. The molecular formula is C26H27NO5S2. The van der Waals surface area contributed by atoms with E-state index < -0.39 is 5.92 Å². The van der Waals surface area contributed by atoms with Crippen molar-refractivity contribution in [2.75, 3.05) is 24.9 Å². The zero-order valence-electron chi connectivity index (χ0n) is 19.2. The van der Waals surface area contributed by atoms with Crippen LogP contribution in [0, 0.1) is 0 Å². The lowest BCUT2D eigenvalue weighted by atomic mass is 9.72. The van der Waals surface area contributed by atoms with Crippen LogP contribution in [0.5, 0.6) is 11.5 Å². The number of ketones is 1. The summed E-state index contributed by atoms with van der Waals surface area (Å²) in [6.07, 6.45) is 1.16. The lowest BCUT2D eigenvalue weighted by Gasteiger charge is -2.36. The van der Waals surface area contributed by atoms with Crippen LogP contribution >= 0.6 is 23.1 Å². The van der Waals surface area contributed by atoms with Crippen molar-refractivity contribution in [3.8, 4) is 11.5 Å². The second kappa shape index (κ2) is 9.88. The Bertz CT molecular complexity index is 1170. The summed E-state index contributed by atoms with van der Waals surface area (Å²) in [5, 5.41) is 5.45. The van der Waals surface area contributed by atoms with E-state index in [1.165, 1.54) is 4.88 Å². The van der Waals surface area contributed by atoms with Gasteiger partial charge in [-0.2, -0.15) is 11.8 Å². The fraction of sp³-hybridized carbons (Fsp3) is 0.385. The molecule has 2 atom stereocenters. The molecule has 0 saturated heterocycles. The van der Waals surface area contributed by atoms with Crippen molar-refractivity contribution in [2.45, 2.75) is 38.5 Å². The number of benzene rings is 1. The molecule has 34 heavy (non-hydrogen) atoms. The standard InChI is InChI=1S/C26H27NO5S2/c1-3-33-10-8-30-26(29)23-15(2)27-18-11-17(22-5-4-9-34-22)12-19(28)25(18)24(23)16-6-7-20-21(13-16)32-14-31-20/h4-7,9,13,17,24,27H,3,8,10-12,14H2,1-2H3. The van der Waals surface area contributed by atoms with Gasteiger partial charge in [-0.15, -0.1) is 11.3 Å². The lowest BCUT2D eigenvalue weighted by molar-refractivity contribution is -0.138. The third kappa shape index (κ3) is 4.36. The Morgan fingerprint density at radius 2 is 2.09 bits per heavy atom. The number of dihydropyridines is 1. The second-order valence-corrected chi connectivity index (χ2v) is 10.9. The van der Waals surface area contributed by atoms with Crippen LogP contribution in [0.15, 0.2) is 58.3 Å². The topological polar surface area (TPSA) is 73.9 Å². The quantitative estimate of drug-likeness (QED) is 0.420. The summed E-state index contributed by atoms with van der Waals surface area (Å²) in [4.78, 5) is 28.1. The number of rotatable bonds is 7. The van der Waals surface area contributed by atoms with Crippen LogP contribution in [0.1, 0.15) is 49.0 Å². The van der Waals surface area contributed by atoms with Crippen molar-refractivity contribution in [2.24, 2.45) is 0 Å². The molecule has 0 saturated carbocycles. The molecule has 0 fully saturated rings. The van der Waals surface area contributed by atoms with E-state index >= 15 is 0 Å². The number of carbonyl (C=O) groups is 2. The van der Waals surface area contributed by atoms with Crippen molar-refractivity contribution >= 4 is 34.9 Å². The first-order chi connectivity index (χ1) is 16.6. The highest BCUT2D eigenvalue weighted by atomic mass is 32.2. The fourth-order valence-corrected chi connectivity index (χ4v) is 6.20. The minimum atomic E-state index is -0.506. The molecule has 0 amide bonds. The van der Waals surface area contributed by atoms with Gasteiger partial charge in [-0.3, -0.25) is 4.79 Å². The minimum absolute atomic E-state index is 0.0640. The van der Waals surface area contributed by atoms with Gasteiger partial charge in [0.25, 0.3) is 0 Å². The highest BCUT2D eigenvalue weighted by molar-refractivity contribution is 7.99. The van der Waals surface area contributed by atoms with Crippen molar-refractivity contribution in [1.29, 1.82) is 0 Å². The molecule has 0 spiro atoms. The van der Waals surface area contributed by atoms with Gasteiger partial charge in [-0.05, 0) is 48.2 Å². The van der Waals surface area contributed by atoms with Gasteiger partial charge in [0, 0.05) is 45.9 Å². The number of thiophene rings is 1. The van der Waals surface area contributed by atoms with Gasteiger partial charge < -0.3 is 19.5 Å². The maximum Gasteiger partial charge on any atom is 0.336 e. The van der Waals surface area contributed by atoms with E-state index in [0.29, 0.717) is 35.7 Å². The van der Waals surface area contributed by atoms with Crippen LogP contribution in [0.2, 0.25) is 0 Å². The molecule has 2 aromatic rings. The van der Waals surface area contributed by atoms with Gasteiger partial charge in [0.15, 0.2) is 17.3 Å². The molecule has 3 heterocycles. The third-order valence-corrected chi connectivity index (χ3v) is 8.29. The number of Topliss-reactive ketones (excluding diaryl/α,β-unsaturated/α-hetero) is 1. The molecule has 2 unspecified atom stereocenters. The summed E-state index contributed by atoms with van der Waals surface area (Å²) in [5.41, 5.74) is 3.60. The van der Waals surface area contributed by atoms with E-state index in [0.717, 1.165) is 34.9 Å². The fourth-order valence-electron chi connectivity index (χ4n) is 4.88. The molecule has 0 bridgehead atoms. The molecule has 5 rings (SSSR count). The normalized spacial score (nSPS) is 21.4. The van der Waals surface area contributed by atoms with Gasteiger partial charge >= 0.3 is 5.97 Å². The second-order valence-electron chi connectivity index (χ2n) is 8.48. The Morgan fingerprint density at radius 1 is 1.24 bits per heavy atom. The van der Waals surface area contributed by atoms with Gasteiger partial charge in [0.1, 0.15) is 6.61 Å². The van der Waals surface area contributed by atoms with E-state index in [4.69, 9.17) is 14.2 Å². The summed E-state index contributed by atoms with van der Waals surface area (Å²) in [5.74, 6) is 2.32. The highest BCUT2D eigenvalue weighted by Crippen LogP contribution is 2.47. The number of esters is 1. The summed E-state index contributed by atoms with van der Waals surface area (Å²) in [6.45, 7) is 4.47. The molecule has 178 valence electrons. The zero-order valence-corrected chi connectivity index (χ0v) is 20.9. The average molecular weight is 498 g/mol. The molecule has 0 radical (unpaired) electrons. The third-order valence-electron chi connectivity index (χ3n) is 6.39. The minimum Gasteiger partial charge on any atom is -0.461 e. The molecule has 1 aromatic carbocycles. The largest absolute Gasteiger partial charge is 0.461 e. The molecular weight excluding hydrogens is 470 g/mol. The van der Waals surface area contributed by atoms with Crippen LogP contribution in [0.3, 0.4) is 0 Å². The first kappa shape index (κ1) is 23.1. The number of allylic oxidation sites excluding steroid dienone is 3. The van der Waals surface area contributed by atoms with E-state index in [-0.39, 0.29) is 24.5 Å². The van der Waals surface area contributed by atoms with E-state index in [1.807, 2.05) is 36.6 Å². The lowest BCUT2D eigenvalue weighted by Crippen LogP contribution is -2.36. The van der Waals surface area contributed by atoms with Crippen molar-refractivity contribution in [1.82, 2.24) is 5.32 Å². The van der Waals surface area contributed by atoms with Crippen molar-refractivity contribution in [3.63, 3.8) is 0 Å². The first-order valence-corrected chi connectivity index (χ1v) is 13.5. The van der Waals surface area contributed by atoms with Gasteiger partial charge in [0.2, 0.25) is 6.79 Å². The Morgan fingerprint density at radius 3 is 2.88 bits per heavy atom. The van der Waals surface area contributed by atoms with E-state index in [9.17, 15) is 9.59 Å². The van der Waals surface area contributed by atoms with Crippen LogP contribution in [-0.2, 0) is 14.3 Å². The Kier molecular flexibility index (Phi) is 6.70. The number of ether oxygens (including phenoxy) is 3. The van der Waals surface area contributed by atoms with E-state index in [2.05, 4.69) is 18.3 Å². The van der Waals surface area contributed by atoms with Gasteiger partial charge in [-0.25, -0.2) is 4.79 Å². The van der Waals surface area contributed by atoms with Crippen LogP contribution in [0.25, 0.3) is 0 Å². The summed E-state index contributed by atoms with van der Waals surface area (Å²) < 4.78 is 16.7. The van der Waals surface area contributed by atoms with Crippen LogP contribution in [-0.4, -0.2) is 36.7 Å². The van der Waals surface area contributed by atoms with Crippen LogP contribution < -0.4 is 14.8 Å². The molecule has 1 N–H and O–H groups in total. The number of nitrogens with one attached hydrogen (secondary N) is 1. The maximum absolute atomic E-state index is 13.6. The van der Waals surface area contributed by atoms with Crippen LogP contribution in [0.4, 0.5) is 0 Å². The predicted octanol–water partition coefficient (Wildman–Crippen LogP) is 5.13. The number of hydrogen-bond acceptors (Lipinski definition) is 8. The number of fused-ring (bicyclic) bond motifs is 1. The van der Waals surface area contributed by atoms with Gasteiger partial charge in [0.05, 0.1) is 5.57 Å². The number of carbonyl (C=O) groups excluding carboxylic acids is 2. The number of hydrogen-bond donors (Lipinski definition) is 1. The molecule has 1 aromatic heterocycles. The molecule has 8 heteroatoms. The summed E-state index contributed by atoms with van der Waals surface area (Å²) >= 11 is 3.40. The van der Waals surface area contributed by atoms with Gasteiger partial charge in [-0.1, -0.05) is 19.1 Å². The zero-order chi connectivity index (χ0) is 23.7. The molecule has 1 aliphatic carbocycles. The molecule has 2 aliphatic heterocycles. The Labute approximate surface area is 207 Å². The Balaban J connectivity index is 1.53.